The second kappa shape index (κ2) is 8.48. The number of fused-ring (bicyclic) bond motifs is 1. The standard InChI is InChI=1S/C20H20F4N6O/c21-15-5-3-13(4-6-15)9-10-25-18(31)14-2-1-11-29(12-14)17-8-7-16-26-27-19(20(22,23)24)30(16)28-17/h3-8,14H,1-2,9-12H2,(H,25,31)/t14-/m1/s1. The molecular formula is C20H20F4N6O. The number of alkyl halides is 3. The third-order valence-corrected chi connectivity index (χ3v) is 5.24. The van der Waals surface area contributed by atoms with Crippen LogP contribution < -0.4 is 10.2 Å². The summed E-state index contributed by atoms with van der Waals surface area (Å²) in [5.41, 5.74) is 0.919. The van der Waals surface area contributed by atoms with Crippen molar-refractivity contribution in [3.63, 3.8) is 0 Å². The first-order valence-electron chi connectivity index (χ1n) is 9.88. The summed E-state index contributed by atoms with van der Waals surface area (Å²) in [5.74, 6) is -1.58. The zero-order valence-electron chi connectivity index (χ0n) is 16.4. The summed E-state index contributed by atoms with van der Waals surface area (Å²) in [6, 6.07) is 9.10. The van der Waals surface area contributed by atoms with Gasteiger partial charge in [-0.2, -0.15) is 17.7 Å². The van der Waals surface area contributed by atoms with E-state index in [0.29, 0.717) is 49.2 Å². The van der Waals surface area contributed by atoms with Gasteiger partial charge in [0, 0.05) is 19.6 Å². The molecule has 0 bridgehead atoms. The largest absolute Gasteiger partial charge is 0.453 e. The van der Waals surface area contributed by atoms with Crippen LogP contribution in [0.3, 0.4) is 0 Å². The number of benzene rings is 1. The van der Waals surface area contributed by atoms with Crippen LogP contribution in [-0.4, -0.2) is 45.4 Å². The Hall–Kier alpha value is -3.24. The summed E-state index contributed by atoms with van der Waals surface area (Å²) in [5, 5.41) is 13.6. The van der Waals surface area contributed by atoms with Gasteiger partial charge in [-0.1, -0.05) is 12.1 Å². The van der Waals surface area contributed by atoms with Gasteiger partial charge >= 0.3 is 6.18 Å². The van der Waals surface area contributed by atoms with Crippen LogP contribution in [0.2, 0.25) is 0 Å². The van der Waals surface area contributed by atoms with Gasteiger partial charge in [-0.05, 0) is 49.1 Å². The van der Waals surface area contributed by atoms with Gasteiger partial charge in [0.05, 0.1) is 5.92 Å². The zero-order chi connectivity index (χ0) is 22.0. The molecule has 0 radical (unpaired) electrons. The van der Waals surface area contributed by atoms with Crippen molar-refractivity contribution in [2.45, 2.75) is 25.4 Å². The number of hydrogen-bond acceptors (Lipinski definition) is 5. The van der Waals surface area contributed by atoms with E-state index >= 15 is 0 Å². The molecule has 11 heteroatoms. The maximum absolute atomic E-state index is 13.1. The molecule has 0 aliphatic carbocycles. The van der Waals surface area contributed by atoms with E-state index in [1.807, 2.05) is 0 Å². The third kappa shape index (κ3) is 4.75. The molecule has 1 saturated heterocycles. The molecular weight excluding hydrogens is 416 g/mol. The second-order valence-electron chi connectivity index (χ2n) is 7.44. The lowest BCUT2D eigenvalue weighted by Crippen LogP contribution is -2.44. The number of halogens is 4. The number of nitrogens with zero attached hydrogens (tertiary/aromatic N) is 5. The maximum atomic E-state index is 13.1. The van der Waals surface area contributed by atoms with Gasteiger partial charge in [0.25, 0.3) is 5.82 Å². The van der Waals surface area contributed by atoms with Gasteiger partial charge in [0.1, 0.15) is 11.6 Å². The molecule has 0 spiro atoms. The average Bonchev–Trinajstić information content (AvgIpc) is 3.19. The molecule has 1 N–H and O–H groups in total. The Morgan fingerprint density at radius 3 is 2.65 bits per heavy atom. The first-order valence-corrected chi connectivity index (χ1v) is 9.88. The SMILES string of the molecule is O=C(NCCc1ccc(F)cc1)[C@@H]1CCCN(c2ccc3nnc(C(F)(F)F)n3n2)C1. The number of aromatic nitrogens is 4. The summed E-state index contributed by atoms with van der Waals surface area (Å²) in [6.45, 7) is 1.35. The van der Waals surface area contributed by atoms with E-state index in [0.717, 1.165) is 5.56 Å². The molecule has 0 unspecified atom stereocenters. The molecule has 1 aliphatic rings. The van der Waals surface area contributed by atoms with Gasteiger partial charge in [-0.3, -0.25) is 4.79 Å². The minimum absolute atomic E-state index is 0.00294. The lowest BCUT2D eigenvalue weighted by Gasteiger charge is -2.32. The van der Waals surface area contributed by atoms with Crippen LogP contribution >= 0.6 is 0 Å². The van der Waals surface area contributed by atoms with E-state index in [9.17, 15) is 22.4 Å². The topological polar surface area (TPSA) is 75.4 Å². The summed E-state index contributed by atoms with van der Waals surface area (Å²) in [6.07, 6.45) is -2.69. The Balaban J connectivity index is 1.39. The van der Waals surface area contributed by atoms with E-state index in [4.69, 9.17) is 0 Å². The number of piperidine rings is 1. The van der Waals surface area contributed by atoms with Crippen molar-refractivity contribution in [2.75, 3.05) is 24.5 Å². The fourth-order valence-electron chi connectivity index (χ4n) is 3.65. The van der Waals surface area contributed by atoms with Gasteiger partial charge in [-0.25, -0.2) is 4.39 Å². The summed E-state index contributed by atoms with van der Waals surface area (Å²) >= 11 is 0. The van der Waals surface area contributed by atoms with E-state index < -0.39 is 12.0 Å². The molecule has 164 valence electrons. The quantitative estimate of drug-likeness (QED) is 0.623. The molecule has 3 heterocycles. The average molecular weight is 436 g/mol. The number of carbonyl (C=O) groups is 1. The first-order chi connectivity index (χ1) is 14.8. The highest BCUT2D eigenvalue weighted by molar-refractivity contribution is 5.79. The normalized spacial score (nSPS) is 17.2. The van der Waals surface area contributed by atoms with Crippen LogP contribution in [-0.2, 0) is 17.4 Å². The Morgan fingerprint density at radius 1 is 1.13 bits per heavy atom. The molecule has 0 saturated carbocycles. The molecule has 31 heavy (non-hydrogen) atoms. The third-order valence-electron chi connectivity index (χ3n) is 5.24. The van der Waals surface area contributed by atoms with Crippen molar-refractivity contribution in [1.29, 1.82) is 0 Å². The van der Waals surface area contributed by atoms with E-state index in [-0.39, 0.29) is 23.3 Å². The highest BCUT2D eigenvalue weighted by atomic mass is 19.4. The number of rotatable bonds is 5. The molecule has 2 aromatic heterocycles. The fraction of sp³-hybridized carbons (Fsp3) is 0.400. The molecule has 7 nitrogen and oxygen atoms in total. The Kier molecular flexibility index (Phi) is 5.75. The van der Waals surface area contributed by atoms with Gasteiger partial charge in [0.2, 0.25) is 5.91 Å². The summed E-state index contributed by atoms with van der Waals surface area (Å²) in [7, 11) is 0. The predicted molar refractivity (Wildman–Crippen MR) is 104 cm³/mol. The van der Waals surface area contributed by atoms with Crippen LogP contribution in [0, 0.1) is 11.7 Å². The van der Waals surface area contributed by atoms with Gasteiger partial charge in [0.15, 0.2) is 5.65 Å². The molecule has 1 amide bonds. The van der Waals surface area contributed by atoms with Crippen LogP contribution in [0.15, 0.2) is 36.4 Å². The van der Waals surface area contributed by atoms with Crippen LogP contribution in [0.1, 0.15) is 24.2 Å². The Labute approximate surface area is 175 Å². The van der Waals surface area contributed by atoms with Gasteiger partial charge < -0.3 is 10.2 Å². The Bertz CT molecular complexity index is 1070. The zero-order valence-corrected chi connectivity index (χ0v) is 16.4. The first kappa shape index (κ1) is 21.0. The minimum atomic E-state index is -4.67. The molecule has 1 aromatic carbocycles. The number of amides is 1. The maximum Gasteiger partial charge on any atom is 0.453 e. The van der Waals surface area contributed by atoms with Crippen molar-refractivity contribution in [3.05, 3.63) is 53.6 Å². The van der Waals surface area contributed by atoms with E-state index in [1.54, 1.807) is 23.1 Å². The van der Waals surface area contributed by atoms with E-state index in [2.05, 4.69) is 20.6 Å². The molecule has 1 atom stereocenters. The predicted octanol–water partition coefficient (Wildman–Crippen LogP) is 2.86. The number of carbonyl (C=O) groups excluding carboxylic acids is 1. The smallest absolute Gasteiger partial charge is 0.355 e. The van der Waals surface area contributed by atoms with Crippen molar-refractivity contribution in [1.82, 2.24) is 25.1 Å². The fourth-order valence-corrected chi connectivity index (χ4v) is 3.65. The van der Waals surface area contributed by atoms with Crippen LogP contribution in [0.25, 0.3) is 5.65 Å². The number of hydrogen-bond donors (Lipinski definition) is 1. The lowest BCUT2D eigenvalue weighted by molar-refractivity contribution is -0.146. The molecule has 1 fully saturated rings. The Morgan fingerprint density at radius 2 is 1.90 bits per heavy atom. The van der Waals surface area contributed by atoms with E-state index in [1.165, 1.54) is 18.2 Å². The number of anilines is 1. The minimum Gasteiger partial charge on any atom is -0.355 e. The number of nitrogens with one attached hydrogen (secondary N) is 1. The summed E-state index contributed by atoms with van der Waals surface area (Å²) in [4.78, 5) is 14.4. The summed E-state index contributed by atoms with van der Waals surface area (Å²) < 4.78 is 53.0. The molecule has 4 rings (SSSR count). The van der Waals surface area contributed by atoms with Crippen molar-refractivity contribution < 1.29 is 22.4 Å². The second-order valence-corrected chi connectivity index (χ2v) is 7.44. The monoisotopic (exact) mass is 436 g/mol. The van der Waals surface area contributed by atoms with Crippen molar-refractivity contribution in [2.24, 2.45) is 5.92 Å². The molecule has 1 aliphatic heterocycles. The van der Waals surface area contributed by atoms with Crippen LogP contribution in [0.4, 0.5) is 23.4 Å². The highest BCUT2D eigenvalue weighted by Crippen LogP contribution is 2.28. The molecule has 3 aromatic rings. The lowest BCUT2D eigenvalue weighted by atomic mass is 9.97. The van der Waals surface area contributed by atoms with Crippen molar-refractivity contribution >= 4 is 17.4 Å². The van der Waals surface area contributed by atoms with Crippen LogP contribution in [0.5, 0.6) is 0 Å². The van der Waals surface area contributed by atoms with Gasteiger partial charge in [-0.15, -0.1) is 15.3 Å². The van der Waals surface area contributed by atoms with Crippen molar-refractivity contribution in [3.8, 4) is 0 Å². The highest BCUT2D eigenvalue weighted by Gasteiger charge is 2.38.